The molecule has 1 rings (SSSR count). The Bertz CT molecular complexity index is 305. The first-order valence-electron chi connectivity index (χ1n) is 6.47. The lowest BCUT2D eigenvalue weighted by molar-refractivity contribution is -0.151. The summed E-state index contributed by atoms with van der Waals surface area (Å²) in [6, 6.07) is -0.270. The second kappa shape index (κ2) is 7.87. The van der Waals surface area contributed by atoms with Crippen LogP contribution in [0.25, 0.3) is 0 Å². The quantitative estimate of drug-likeness (QED) is 0.560. The molecule has 0 spiro atoms. The third-order valence-electron chi connectivity index (χ3n) is 2.96. The molecule has 0 radical (unpaired) electrons. The Balaban J connectivity index is 2.51. The van der Waals surface area contributed by atoms with Gasteiger partial charge >= 0.3 is 5.97 Å². The highest BCUT2D eigenvalue weighted by Gasteiger charge is 2.30. The summed E-state index contributed by atoms with van der Waals surface area (Å²) in [7, 11) is 0. The molecule has 1 saturated heterocycles. The van der Waals surface area contributed by atoms with Crippen molar-refractivity contribution in [3.63, 3.8) is 0 Å². The van der Waals surface area contributed by atoms with Gasteiger partial charge in [0.2, 0.25) is 5.91 Å². The molecule has 1 heterocycles. The van der Waals surface area contributed by atoms with Crippen LogP contribution in [-0.4, -0.2) is 49.1 Å². The Hall–Kier alpha value is -1.36. The number of carbonyl (C=O) groups is 2. The molecular weight excluding hydrogens is 232 g/mol. The van der Waals surface area contributed by atoms with Crippen molar-refractivity contribution in [1.82, 2.24) is 10.2 Å². The molecule has 1 fully saturated rings. The number of hydrogen-bond donors (Lipinski definition) is 1. The zero-order chi connectivity index (χ0) is 13.4. The molecule has 18 heavy (non-hydrogen) atoms. The van der Waals surface area contributed by atoms with E-state index in [4.69, 9.17) is 4.74 Å². The van der Waals surface area contributed by atoms with Crippen molar-refractivity contribution in [1.29, 1.82) is 0 Å². The molecule has 0 aliphatic carbocycles. The molecular formula is C13H22N2O3. The fourth-order valence-electron chi connectivity index (χ4n) is 2.11. The lowest BCUT2D eigenvalue weighted by Crippen LogP contribution is -2.49. The van der Waals surface area contributed by atoms with E-state index in [2.05, 4.69) is 11.9 Å². The molecule has 102 valence electrons. The fourth-order valence-corrected chi connectivity index (χ4v) is 2.11. The Morgan fingerprint density at radius 2 is 2.28 bits per heavy atom. The zero-order valence-electron chi connectivity index (χ0n) is 11.0. The van der Waals surface area contributed by atoms with Crippen molar-refractivity contribution < 1.29 is 14.3 Å². The molecule has 1 atom stereocenters. The monoisotopic (exact) mass is 254 g/mol. The maximum Gasteiger partial charge on any atom is 0.323 e. The van der Waals surface area contributed by atoms with Crippen LogP contribution in [-0.2, 0) is 14.3 Å². The van der Waals surface area contributed by atoms with E-state index in [1.54, 1.807) is 13.0 Å². The number of ether oxygens (including phenoxy) is 1. The maximum atomic E-state index is 11.8. The number of nitrogens with zero attached hydrogens (tertiary/aromatic N) is 1. The molecule has 0 aromatic carbocycles. The average Bonchev–Trinajstić information content (AvgIpc) is 2.37. The number of piperidine rings is 1. The van der Waals surface area contributed by atoms with Crippen molar-refractivity contribution in [2.75, 3.05) is 26.2 Å². The van der Waals surface area contributed by atoms with Gasteiger partial charge in [-0.2, -0.15) is 0 Å². The smallest absolute Gasteiger partial charge is 0.323 e. The summed E-state index contributed by atoms with van der Waals surface area (Å²) in [6.45, 7) is 7.19. The number of nitrogens with one attached hydrogen (secondary N) is 1. The Kier molecular flexibility index (Phi) is 6.43. The molecule has 1 amide bonds. The summed E-state index contributed by atoms with van der Waals surface area (Å²) in [6.07, 6.45) is 4.43. The predicted octanol–water partition coefficient (Wildman–Crippen LogP) is 0.706. The topological polar surface area (TPSA) is 58.6 Å². The molecule has 5 heteroatoms. The highest BCUT2D eigenvalue weighted by atomic mass is 16.5. The average molecular weight is 254 g/mol. The van der Waals surface area contributed by atoms with Gasteiger partial charge in [0.05, 0.1) is 13.2 Å². The van der Waals surface area contributed by atoms with Gasteiger partial charge in [-0.15, -0.1) is 6.58 Å². The summed E-state index contributed by atoms with van der Waals surface area (Å²) in [5.74, 6) is -0.292. The van der Waals surface area contributed by atoms with Gasteiger partial charge in [-0.1, -0.05) is 12.5 Å². The van der Waals surface area contributed by atoms with Crippen molar-refractivity contribution in [3.8, 4) is 0 Å². The van der Waals surface area contributed by atoms with E-state index in [0.717, 1.165) is 25.8 Å². The SMILES string of the molecule is C=CCNC(=O)CN1CCCCC1C(=O)OCC. The van der Waals surface area contributed by atoms with Crippen LogP contribution in [0, 0.1) is 0 Å². The standard InChI is InChI=1S/C13H22N2O3/c1-3-8-14-12(16)10-15-9-6-5-7-11(15)13(17)18-4-2/h3,11H,1,4-10H2,2H3,(H,14,16). The molecule has 1 unspecified atom stereocenters. The van der Waals surface area contributed by atoms with Crippen LogP contribution in [0.15, 0.2) is 12.7 Å². The van der Waals surface area contributed by atoms with E-state index in [9.17, 15) is 9.59 Å². The van der Waals surface area contributed by atoms with Crippen LogP contribution >= 0.6 is 0 Å². The second-order valence-electron chi connectivity index (χ2n) is 4.33. The van der Waals surface area contributed by atoms with E-state index in [1.165, 1.54) is 0 Å². The zero-order valence-corrected chi connectivity index (χ0v) is 11.0. The van der Waals surface area contributed by atoms with Crippen molar-refractivity contribution >= 4 is 11.9 Å². The van der Waals surface area contributed by atoms with E-state index in [-0.39, 0.29) is 24.5 Å². The largest absolute Gasteiger partial charge is 0.465 e. The molecule has 0 aromatic rings. The van der Waals surface area contributed by atoms with Crippen molar-refractivity contribution in [2.24, 2.45) is 0 Å². The van der Waals surface area contributed by atoms with Crippen LogP contribution < -0.4 is 5.32 Å². The molecule has 1 aliphatic rings. The number of carbonyl (C=O) groups excluding carboxylic acids is 2. The summed E-state index contributed by atoms with van der Waals surface area (Å²) in [4.78, 5) is 25.3. The minimum Gasteiger partial charge on any atom is -0.465 e. The number of amides is 1. The molecule has 0 bridgehead atoms. The summed E-state index contributed by atoms with van der Waals surface area (Å²) in [5.41, 5.74) is 0. The highest BCUT2D eigenvalue weighted by molar-refractivity contribution is 5.80. The van der Waals surface area contributed by atoms with Crippen molar-refractivity contribution in [3.05, 3.63) is 12.7 Å². The van der Waals surface area contributed by atoms with Crippen LogP contribution in [0.2, 0.25) is 0 Å². The van der Waals surface area contributed by atoms with Crippen LogP contribution in [0.1, 0.15) is 26.2 Å². The Morgan fingerprint density at radius 1 is 1.50 bits per heavy atom. The van der Waals surface area contributed by atoms with Crippen LogP contribution in [0.5, 0.6) is 0 Å². The third-order valence-corrected chi connectivity index (χ3v) is 2.96. The van der Waals surface area contributed by atoms with Gasteiger partial charge in [0, 0.05) is 6.54 Å². The van der Waals surface area contributed by atoms with Crippen LogP contribution in [0.3, 0.4) is 0 Å². The summed E-state index contributed by atoms with van der Waals surface area (Å²) < 4.78 is 5.05. The predicted molar refractivity (Wildman–Crippen MR) is 69.1 cm³/mol. The number of esters is 1. The fraction of sp³-hybridized carbons (Fsp3) is 0.692. The first kappa shape index (κ1) is 14.7. The molecule has 0 aromatic heterocycles. The van der Waals surface area contributed by atoms with E-state index in [1.807, 2.05) is 4.90 Å². The van der Waals surface area contributed by atoms with Gasteiger partial charge < -0.3 is 10.1 Å². The van der Waals surface area contributed by atoms with Crippen LogP contribution in [0.4, 0.5) is 0 Å². The van der Waals surface area contributed by atoms with E-state index >= 15 is 0 Å². The first-order chi connectivity index (χ1) is 8.69. The Labute approximate surface area is 108 Å². The third kappa shape index (κ3) is 4.49. The van der Waals surface area contributed by atoms with Gasteiger partial charge in [-0.25, -0.2) is 0 Å². The lowest BCUT2D eigenvalue weighted by Gasteiger charge is -2.33. The Morgan fingerprint density at radius 3 is 2.94 bits per heavy atom. The maximum absolute atomic E-state index is 11.8. The second-order valence-corrected chi connectivity index (χ2v) is 4.33. The van der Waals surface area contributed by atoms with Gasteiger partial charge in [-0.05, 0) is 26.3 Å². The highest BCUT2D eigenvalue weighted by Crippen LogP contribution is 2.17. The summed E-state index contributed by atoms with van der Waals surface area (Å²) in [5, 5.41) is 2.72. The van der Waals surface area contributed by atoms with E-state index < -0.39 is 0 Å². The minimum atomic E-state index is -0.270. The minimum absolute atomic E-state index is 0.0777. The van der Waals surface area contributed by atoms with Gasteiger partial charge in [0.15, 0.2) is 0 Å². The normalized spacial score (nSPS) is 20.2. The number of hydrogen-bond acceptors (Lipinski definition) is 4. The van der Waals surface area contributed by atoms with Gasteiger partial charge in [-0.3, -0.25) is 14.5 Å². The van der Waals surface area contributed by atoms with Crippen molar-refractivity contribution in [2.45, 2.75) is 32.2 Å². The number of rotatable bonds is 6. The first-order valence-corrected chi connectivity index (χ1v) is 6.47. The van der Waals surface area contributed by atoms with Gasteiger partial charge in [0.1, 0.15) is 6.04 Å². The van der Waals surface area contributed by atoms with Gasteiger partial charge in [0.25, 0.3) is 0 Å². The molecule has 0 saturated carbocycles. The number of likely N-dealkylation sites (tertiary alicyclic amines) is 1. The lowest BCUT2D eigenvalue weighted by atomic mass is 10.0. The molecule has 1 aliphatic heterocycles. The summed E-state index contributed by atoms with van der Waals surface area (Å²) >= 11 is 0. The van der Waals surface area contributed by atoms with E-state index in [0.29, 0.717) is 13.2 Å². The molecule has 1 N–H and O–H groups in total. The molecule has 5 nitrogen and oxygen atoms in total.